The molecule has 1 atom stereocenters. The van der Waals surface area contributed by atoms with Crippen molar-refractivity contribution in [2.75, 3.05) is 19.6 Å². The summed E-state index contributed by atoms with van der Waals surface area (Å²) in [6, 6.07) is 8.16. The van der Waals surface area contributed by atoms with Gasteiger partial charge in [-0.1, -0.05) is 29.8 Å². The summed E-state index contributed by atoms with van der Waals surface area (Å²) in [7, 11) is 0. The zero-order valence-electron chi connectivity index (χ0n) is 14.7. The Morgan fingerprint density at radius 1 is 1.44 bits per heavy atom. The third-order valence-corrected chi connectivity index (χ3v) is 4.70. The molecule has 134 valence electrons. The minimum Gasteiger partial charge on any atom is -0.379 e. The van der Waals surface area contributed by atoms with Gasteiger partial charge in [0.25, 0.3) is 5.91 Å². The molecule has 2 aromatic rings. The number of imidazole rings is 1. The lowest BCUT2D eigenvalue weighted by molar-refractivity contribution is -0.157. The Labute approximate surface area is 148 Å². The normalized spacial score (nSPS) is 20.9. The van der Waals surface area contributed by atoms with Gasteiger partial charge in [0, 0.05) is 44.5 Å². The van der Waals surface area contributed by atoms with Crippen molar-refractivity contribution in [1.82, 2.24) is 20.2 Å². The lowest BCUT2D eigenvalue weighted by atomic mass is 9.91. The van der Waals surface area contributed by atoms with Crippen molar-refractivity contribution in [3.05, 3.63) is 53.6 Å². The molecule has 0 radical (unpaired) electrons. The Bertz CT molecular complexity index is 701. The molecular formula is C19H26N4O2. The number of likely N-dealkylation sites (tertiary alicyclic amines) is 1. The molecular weight excluding hydrogens is 316 g/mol. The quantitative estimate of drug-likeness (QED) is 0.665. The van der Waals surface area contributed by atoms with E-state index in [1.54, 1.807) is 17.4 Å². The van der Waals surface area contributed by atoms with Crippen LogP contribution in [0.1, 0.15) is 29.7 Å². The number of amides is 1. The standard InChI is InChI=1S/C19H26N4O2/c1-15-4-2-5-16(10-15)12-23-9-3-7-19(25,18(23)24)13-20-8-6-17-11-21-14-22-17/h2,4-5,10-11,14,20,25H,3,6-9,12-13H2,1H3,(H,21,22)/t19-/m1/s1. The van der Waals surface area contributed by atoms with Gasteiger partial charge in [0.05, 0.1) is 6.33 Å². The summed E-state index contributed by atoms with van der Waals surface area (Å²) in [5, 5.41) is 14.0. The van der Waals surface area contributed by atoms with E-state index < -0.39 is 5.60 Å². The SMILES string of the molecule is Cc1cccc(CN2CCC[C@@](O)(CNCCc3cnc[nH]3)C2=O)c1. The summed E-state index contributed by atoms with van der Waals surface area (Å²) in [5.41, 5.74) is 2.01. The van der Waals surface area contributed by atoms with Crippen LogP contribution in [-0.4, -0.2) is 51.1 Å². The second-order valence-electron chi connectivity index (χ2n) is 6.85. The highest BCUT2D eigenvalue weighted by Crippen LogP contribution is 2.24. The van der Waals surface area contributed by atoms with Gasteiger partial charge in [0.15, 0.2) is 5.60 Å². The first-order chi connectivity index (χ1) is 12.1. The topological polar surface area (TPSA) is 81.2 Å². The highest BCUT2D eigenvalue weighted by molar-refractivity contribution is 5.86. The predicted molar refractivity (Wildman–Crippen MR) is 95.9 cm³/mol. The monoisotopic (exact) mass is 342 g/mol. The van der Waals surface area contributed by atoms with E-state index >= 15 is 0 Å². The maximum atomic E-state index is 12.8. The van der Waals surface area contributed by atoms with E-state index in [0.29, 0.717) is 26.1 Å². The minimum absolute atomic E-state index is 0.172. The molecule has 1 aromatic heterocycles. The number of carbonyl (C=O) groups is 1. The number of rotatable bonds is 7. The molecule has 6 nitrogen and oxygen atoms in total. The Morgan fingerprint density at radius 3 is 3.08 bits per heavy atom. The van der Waals surface area contributed by atoms with Crippen molar-refractivity contribution < 1.29 is 9.90 Å². The molecule has 6 heteroatoms. The Kier molecular flexibility index (Phi) is 5.50. The smallest absolute Gasteiger partial charge is 0.256 e. The number of aromatic nitrogens is 2. The van der Waals surface area contributed by atoms with Crippen LogP contribution in [0.5, 0.6) is 0 Å². The zero-order valence-corrected chi connectivity index (χ0v) is 14.7. The van der Waals surface area contributed by atoms with Gasteiger partial charge in [-0.05, 0) is 25.3 Å². The number of carbonyl (C=O) groups excluding carboxylic acids is 1. The van der Waals surface area contributed by atoms with E-state index in [1.165, 1.54) is 5.56 Å². The molecule has 0 unspecified atom stereocenters. The van der Waals surface area contributed by atoms with Gasteiger partial charge >= 0.3 is 0 Å². The van der Waals surface area contributed by atoms with Crippen molar-refractivity contribution in [1.29, 1.82) is 0 Å². The van der Waals surface area contributed by atoms with Crippen LogP contribution in [0, 0.1) is 6.92 Å². The molecule has 1 amide bonds. The number of piperidine rings is 1. The van der Waals surface area contributed by atoms with E-state index in [0.717, 1.165) is 24.1 Å². The fourth-order valence-electron chi connectivity index (χ4n) is 3.35. The zero-order chi connectivity index (χ0) is 17.7. The third kappa shape index (κ3) is 4.46. The van der Waals surface area contributed by atoms with E-state index in [4.69, 9.17) is 0 Å². The average molecular weight is 342 g/mol. The number of H-pyrrole nitrogens is 1. The fourth-order valence-corrected chi connectivity index (χ4v) is 3.35. The molecule has 1 fully saturated rings. The van der Waals surface area contributed by atoms with Crippen LogP contribution < -0.4 is 5.32 Å². The van der Waals surface area contributed by atoms with Crippen LogP contribution in [0.25, 0.3) is 0 Å². The van der Waals surface area contributed by atoms with Gasteiger partial charge < -0.3 is 20.3 Å². The maximum absolute atomic E-state index is 12.8. The Hall–Kier alpha value is -2.18. The molecule has 2 heterocycles. The van der Waals surface area contributed by atoms with Crippen LogP contribution >= 0.6 is 0 Å². The first kappa shape index (κ1) is 17.6. The summed E-state index contributed by atoms with van der Waals surface area (Å²) < 4.78 is 0. The largest absolute Gasteiger partial charge is 0.379 e. The molecule has 0 saturated carbocycles. The van der Waals surface area contributed by atoms with Crippen LogP contribution in [0.15, 0.2) is 36.8 Å². The molecule has 0 aliphatic carbocycles. The van der Waals surface area contributed by atoms with Gasteiger partial charge in [0.1, 0.15) is 0 Å². The lowest BCUT2D eigenvalue weighted by Crippen LogP contribution is -2.57. The average Bonchev–Trinajstić information content (AvgIpc) is 3.10. The van der Waals surface area contributed by atoms with Crippen molar-refractivity contribution in [3.63, 3.8) is 0 Å². The summed E-state index contributed by atoms with van der Waals surface area (Å²) in [5.74, 6) is -0.172. The van der Waals surface area contributed by atoms with Crippen LogP contribution in [0.4, 0.5) is 0 Å². The van der Waals surface area contributed by atoms with E-state index in [9.17, 15) is 9.90 Å². The van der Waals surface area contributed by atoms with E-state index in [1.807, 2.05) is 25.1 Å². The number of hydrogen-bond donors (Lipinski definition) is 3. The van der Waals surface area contributed by atoms with Crippen LogP contribution in [0.3, 0.4) is 0 Å². The van der Waals surface area contributed by atoms with Crippen molar-refractivity contribution in [2.24, 2.45) is 0 Å². The highest BCUT2D eigenvalue weighted by Gasteiger charge is 2.41. The molecule has 0 spiro atoms. The molecule has 0 bridgehead atoms. The number of nitrogens with one attached hydrogen (secondary N) is 2. The second-order valence-corrected chi connectivity index (χ2v) is 6.85. The highest BCUT2D eigenvalue weighted by atomic mass is 16.3. The first-order valence-electron chi connectivity index (χ1n) is 8.82. The number of benzene rings is 1. The predicted octanol–water partition coefficient (Wildman–Crippen LogP) is 1.40. The second kappa shape index (κ2) is 7.80. The van der Waals surface area contributed by atoms with Gasteiger partial charge in [-0.15, -0.1) is 0 Å². The van der Waals surface area contributed by atoms with Crippen molar-refractivity contribution in [3.8, 4) is 0 Å². The number of aromatic amines is 1. The number of aliphatic hydroxyl groups is 1. The molecule has 3 rings (SSSR count). The van der Waals surface area contributed by atoms with Gasteiger partial charge in [-0.25, -0.2) is 4.98 Å². The summed E-state index contributed by atoms with van der Waals surface area (Å²) in [6.45, 7) is 4.27. The van der Waals surface area contributed by atoms with Crippen molar-refractivity contribution in [2.45, 2.75) is 38.3 Å². The number of aryl methyl sites for hydroxylation is 1. The van der Waals surface area contributed by atoms with Crippen LogP contribution in [-0.2, 0) is 17.8 Å². The molecule has 3 N–H and O–H groups in total. The molecule has 1 aliphatic rings. The van der Waals surface area contributed by atoms with E-state index in [2.05, 4.69) is 21.4 Å². The van der Waals surface area contributed by atoms with Crippen LogP contribution in [0.2, 0.25) is 0 Å². The molecule has 1 aliphatic heterocycles. The summed E-state index contributed by atoms with van der Waals surface area (Å²) >= 11 is 0. The van der Waals surface area contributed by atoms with Crippen molar-refractivity contribution >= 4 is 5.91 Å². The van der Waals surface area contributed by atoms with Gasteiger partial charge in [0.2, 0.25) is 0 Å². The van der Waals surface area contributed by atoms with E-state index in [-0.39, 0.29) is 12.5 Å². The molecule has 1 saturated heterocycles. The Morgan fingerprint density at radius 2 is 2.32 bits per heavy atom. The molecule has 1 aromatic carbocycles. The Balaban J connectivity index is 1.54. The maximum Gasteiger partial charge on any atom is 0.256 e. The van der Waals surface area contributed by atoms with Gasteiger partial charge in [-0.3, -0.25) is 4.79 Å². The van der Waals surface area contributed by atoms with Gasteiger partial charge in [-0.2, -0.15) is 0 Å². The summed E-state index contributed by atoms with van der Waals surface area (Å²) in [4.78, 5) is 21.6. The third-order valence-electron chi connectivity index (χ3n) is 4.70. The summed E-state index contributed by atoms with van der Waals surface area (Å²) in [6.07, 6.45) is 5.54. The first-order valence-corrected chi connectivity index (χ1v) is 8.82. The number of hydrogen-bond acceptors (Lipinski definition) is 4. The lowest BCUT2D eigenvalue weighted by Gasteiger charge is -2.38. The minimum atomic E-state index is -1.31. The fraction of sp³-hybridized carbons (Fsp3) is 0.474. The molecule has 25 heavy (non-hydrogen) atoms. The number of nitrogens with zero attached hydrogens (tertiary/aromatic N) is 2.